The van der Waals surface area contributed by atoms with E-state index < -0.39 is 0 Å². The lowest BCUT2D eigenvalue weighted by molar-refractivity contribution is -0.122. The largest absolute Gasteiger partial charge is 0.354 e. The fourth-order valence-corrected chi connectivity index (χ4v) is 3.50. The molecular formula is C17H32N4O. The second-order valence-corrected chi connectivity index (χ2v) is 6.61. The van der Waals surface area contributed by atoms with Crippen LogP contribution in [0.5, 0.6) is 0 Å². The number of guanidine groups is 1. The average molecular weight is 308 g/mol. The van der Waals surface area contributed by atoms with Crippen molar-refractivity contribution in [2.45, 2.75) is 46.0 Å². The van der Waals surface area contributed by atoms with E-state index in [2.05, 4.69) is 34.4 Å². The van der Waals surface area contributed by atoms with Crippen LogP contribution in [0.3, 0.4) is 0 Å². The highest BCUT2D eigenvalue weighted by Crippen LogP contribution is 2.29. The highest BCUT2D eigenvalue weighted by Gasteiger charge is 2.30. The van der Waals surface area contributed by atoms with Crippen molar-refractivity contribution in [1.29, 1.82) is 0 Å². The summed E-state index contributed by atoms with van der Waals surface area (Å²) in [5, 5.41) is 6.37. The standard InChI is InChI=1S/C17H32N4O/c1-4-13(5-2)15-8-11-21(12-15)17(18-3)20-10-9-19-16(22)14-6-7-14/h13-15H,4-12H2,1-3H3,(H,18,20)(H,19,22). The molecule has 0 aromatic carbocycles. The van der Waals surface area contributed by atoms with Gasteiger partial charge in [-0.25, -0.2) is 0 Å². The second kappa shape index (κ2) is 8.39. The first-order chi connectivity index (χ1) is 10.7. The Balaban J connectivity index is 1.69. The van der Waals surface area contributed by atoms with E-state index in [1.807, 2.05) is 7.05 Å². The molecule has 5 nitrogen and oxygen atoms in total. The lowest BCUT2D eigenvalue weighted by atomic mass is 9.87. The molecule has 1 saturated carbocycles. The number of nitrogens with zero attached hydrogens (tertiary/aromatic N) is 2. The average Bonchev–Trinajstić information content (AvgIpc) is 3.28. The minimum Gasteiger partial charge on any atom is -0.354 e. The molecule has 2 rings (SSSR count). The molecule has 5 heteroatoms. The van der Waals surface area contributed by atoms with E-state index in [-0.39, 0.29) is 5.91 Å². The molecule has 2 N–H and O–H groups in total. The zero-order valence-corrected chi connectivity index (χ0v) is 14.4. The fraction of sp³-hybridized carbons (Fsp3) is 0.882. The molecule has 1 heterocycles. The van der Waals surface area contributed by atoms with E-state index in [4.69, 9.17) is 0 Å². The first kappa shape index (κ1) is 17.1. The summed E-state index contributed by atoms with van der Waals surface area (Å²) in [5.74, 6) is 3.11. The molecule has 1 atom stereocenters. The van der Waals surface area contributed by atoms with Gasteiger partial charge in [-0.3, -0.25) is 9.79 Å². The smallest absolute Gasteiger partial charge is 0.223 e. The normalized spacial score (nSPS) is 22.3. The van der Waals surface area contributed by atoms with E-state index in [9.17, 15) is 4.79 Å². The van der Waals surface area contributed by atoms with Gasteiger partial charge in [-0.2, -0.15) is 0 Å². The van der Waals surface area contributed by atoms with Crippen molar-refractivity contribution in [3.05, 3.63) is 0 Å². The molecule has 22 heavy (non-hydrogen) atoms. The van der Waals surface area contributed by atoms with Crippen molar-refractivity contribution >= 4 is 11.9 Å². The van der Waals surface area contributed by atoms with Crippen LogP contribution in [0.15, 0.2) is 4.99 Å². The van der Waals surface area contributed by atoms with Gasteiger partial charge >= 0.3 is 0 Å². The van der Waals surface area contributed by atoms with Gasteiger partial charge < -0.3 is 15.5 Å². The lowest BCUT2D eigenvalue weighted by Crippen LogP contribution is -2.43. The molecule has 0 aromatic rings. The summed E-state index contributed by atoms with van der Waals surface area (Å²) in [4.78, 5) is 18.3. The summed E-state index contributed by atoms with van der Waals surface area (Å²) in [5.41, 5.74) is 0. The minimum absolute atomic E-state index is 0.215. The van der Waals surface area contributed by atoms with Crippen LogP contribution in [-0.4, -0.2) is 50.0 Å². The number of rotatable bonds is 7. The molecule has 1 unspecified atom stereocenters. The van der Waals surface area contributed by atoms with Crippen molar-refractivity contribution in [3.63, 3.8) is 0 Å². The Kier molecular flexibility index (Phi) is 6.52. The van der Waals surface area contributed by atoms with Crippen molar-refractivity contribution in [3.8, 4) is 0 Å². The summed E-state index contributed by atoms with van der Waals surface area (Å²) in [6.45, 7) is 8.23. The number of carbonyl (C=O) groups is 1. The van der Waals surface area contributed by atoms with Crippen LogP contribution in [0.1, 0.15) is 46.0 Å². The molecule has 1 aliphatic heterocycles. The van der Waals surface area contributed by atoms with Gasteiger partial charge in [-0.1, -0.05) is 26.7 Å². The Labute approximate surface area is 134 Å². The van der Waals surface area contributed by atoms with Gasteiger partial charge in [-0.05, 0) is 31.1 Å². The third-order valence-corrected chi connectivity index (χ3v) is 5.11. The number of carbonyl (C=O) groups excluding carboxylic acids is 1. The van der Waals surface area contributed by atoms with Crippen LogP contribution in [0.2, 0.25) is 0 Å². The van der Waals surface area contributed by atoms with Crippen LogP contribution in [0.25, 0.3) is 0 Å². The van der Waals surface area contributed by atoms with E-state index >= 15 is 0 Å². The maximum Gasteiger partial charge on any atom is 0.223 e. The summed E-state index contributed by atoms with van der Waals surface area (Å²) >= 11 is 0. The van der Waals surface area contributed by atoms with Crippen molar-refractivity contribution in [2.24, 2.45) is 22.7 Å². The van der Waals surface area contributed by atoms with Crippen molar-refractivity contribution in [1.82, 2.24) is 15.5 Å². The maximum atomic E-state index is 11.6. The topological polar surface area (TPSA) is 56.7 Å². The molecule has 0 spiro atoms. The molecule has 0 aromatic heterocycles. The molecule has 1 saturated heterocycles. The minimum atomic E-state index is 0.215. The molecule has 0 bridgehead atoms. The monoisotopic (exact) mass is 308 g/mol. The highest BCUT2D eigenvalue weighted by molar-refractivity contribution is 5.81. The fourth-order valence-electron chi connectivity index (χ4n) is 3.50. The molecular weight excluding hydrogens is 276 g/mol. The molecule has 2 fully saturated rings. The lowest BCUT2D eigenvalue weighted by Gasteiger charge is -2.24. The van der Waals surface area contributed by atoms with Crippen LogP contribution in [-0.2, 0) is 4.79 Å². The Hall–Kier alpha value is -1.26. The van der Waals surface area contributed by atoms with Gasteiger partial charge in [0, 0.05) is 39.1 Å². The van der Waals surface area contributed by atoms with Gasteiger partial charge in [-0.15, -0.1) is 0 Å². The quantitative estimate of drug-likeness (QED) is 0.429. The van der Waals surface area contributed by atoms with Crippen LogP contribution >= 0.6 is 0 Å². The zero-order valence-electron chi connectivity index (χ0n) is 14.4. The maximum absolute atomic E-state index is 11.6. The van der Waals surface area contributed by atoms with Gasteiger partial charge in [0.05, 0.1) is 0 Å². The first-order valence-electron chi connectivity index (χ1n) is 8.92. The molecule has 1 amide bonds. The number of nitrogens with one attached hydrogen (secondary N) is 2. The number of hydrogen-bond acceptors (Lipinski definition) is 2. The van der Waals surface area contributed by atoms with Crippen molar-refractivity contribution < 1.29 is 4.79 Å². The summed E-state index contributed by atoms with van der Waals surface area (Å²) in [7, 11) is 1.84. The Bertz CT molecular complexity index is 388. The number of hydrogen-bond donors (Lipinski definition) is 2. The Morgan fingerprint density at radius 2 is 1.86 bits per heavy atom. The predicted octanol–water partition coefficient (Wildman–Crippen LogP) is 1.85. The van der Waals surface area contributed by atoms with Gasteiger partial charge in [0.2, 0.25) is 5.91 Å². The van der Waals surface area contributed by atoms with Gasteiger partial charge in [0.15, 0.2) is 5.96 Å². The van der Waals surface area contributed by atoms with Crippen LogP contribution < -0.4 is 10.6 Å². The third kappa shape index (κ3) is 4.62. The highest BCUT2D eigenvalue weighted by atomic mass is 16.2. The summed E-state index contributed by atoms with van der Waals surface area (Å²) < 4.78 is 0. The Morgan fingerprint density at radius 3 is 2.45 bits per heavy atom. The van der Waals surface area contributed by atoms with E-state index in [0.29, 0.717) is 12.5 Å². The van der Waals surface area contributed by atoms with Crippen LogP contribution in [0.4, 0.5) is 0 Å². The number of aliphatic imine (C=N–C) groups is 1. The first-order valence-corrected chi connectivity index (χ1v) is 8.92. The third-order valence-electron chi connectivity index (χ3n) is 5.11. The SMILES string of the molecule is CCC(CC)C1CCN(C(=NC)NCCNC(=O)C2CC2)C1. The molecule has 1 aliphatic carbocycles. The van der Waals surface area contributed by atoms with Crippen LogP contribution in [0, 0.1) is 17.8 Å². The number of likely N-dealkylation sites (tertiary alicyclic amines) is 1. The number of amides is 1. The second-order valence-electron chi connectivity index (χ2n) is 6.61. The van der Waals surface area contributed by atoms with Gasteiger partial charge in [0.1, 0.15) is 0 Å². The Morgan fingerprint density at radius 1 is 1.18 bits per heavy atom. The van der Waals surface area contributed by atoms with Crippen molar-refractivity contribution in [2.75, 3.05) is 33.2 Å². The zero-order chi connectivity index (χ0) is 15.9. The van der Waals surface area contributed by atoms with E-state index in [1.54, 1.807) is 0 Å². The molecule has 2 aliphatic rings. The molecule has 126 valence electrons. The summed E-state index contributed by atoms with van der Waals surface area (Å²) in [6.07, 6.45) is 5.94. The summed E-state index contributed by atoms with van der Waals surface area (Å²) in [6, 6.07) is 0. The predicted molar refractivity (Wildman–Crippen MR) is 90.8 cm³/mol. The van der Waals surface area contributed by atoms with Gasteiger partial charge in [0.25, 0.3) is 0 Å². The van der Waals surface area contributed by atoms with E-state index in [0.717, 1.165) is 50.3 Å². The molecule has 0 radical (unpaired) electrons. The van der Waals surface area contributed by atoms with E-state index in [1.165, 1.54) is 19.3 Å².